The monoisotopic (exact) mass is 304 g/mol. The standard InChI is InChI=1S/C15H13ClN2O3/c1-9-2-3-10(4-5-14(19)20)6-12(9)18-15(21)13-7-11(16)8-17-13/h2-8,17H,1H3,(H,18,21)(H,19,20). The van der Waals surface area contributed by atoms with Crippen LogP contribution < -0.4 is 5.32 Å². The number of carbonyl (C=O) groups is 2. The van der Waals surface area contributed by atoms with E-state index in [0.29, 0.717) is 22.0 Å². The molecule has 0 atom stereocenters. The van der Waals surface area contributed by atoms with Crippen molar-refractivity contribution in [1.82, 2.24) is 4.98 Å². The molecule has 1 heterocycles. The molecule has 0 radical (unpaired) electrons. The summed E-state index contributed by atoms with van der Waals surface area (Å²) in [6.45, 7) is 1.85. The Hall–Kier alpha value is -2.53. The van der Waals surface area contributed by atoms with E-state index in [1.54, 1.807) is 18.2 Å². The summed E-state index contributed by atoms with van der Waals surface area (Å²) < 4.78 is 0. The predicted octanol–water partition coefficient (Wildman–Crippen LogP) is 3.33. The number of aliphatic carboxylic acids is 1. The third-order valence-corrected chi connectivity index (χ3v) is 3.04. The van der Waals surface area contributed by atoms with Crippen molar-refractivity contribution >= 4 is 35.2 Å². The minimum Gasteiger partial charge on any atom is -0.478 e. The first kappa shape index (κ1) is 14.9. The van der Waals surface area contributed by atoms with Crippen LogP contribution in [0.25, 0.3) is 6.08 Å². The van der Waals surface area contributed by atoms with Gasteiger partial charge in [0.2, 0.25) is 0 Å². The number of carboxylic acids is 1. The Bertz CT molecular complexity index is 719. The van der Waals surface area contributed by atoms with Gasteiger partial charge in [0, 0.05) is 18.0 Å². The smallest absolute Gasteiger partial charge is 0.328 e. The van der Waals surface area contributed by atoms with Crippen LogP contribution in [0.5, 0.6) is 0 Å². The normalized spacial score (nSPS) is 10.8. The van der Waals surface area contributed by atoms with Gasteiger partial charge in [0.1, 0.15) is 5.69 Å². The SMILES string of the molecule is Cc1ccc(C=CC(=O)O)cc1NC(=O)c1cc(Cl)c[nH]1. The summed E-state index contributed by atoms with van der Waals surface area (Å²) in [5.74, 6) is -1.34. The van der Waals surface area contributed by atoms with Crippen LogP contribution >= 0.6 is 11.6 Å². The number of halogens is 1. The second-order valence-electron chi connectivity index (χ2n) is 4.43. The number of aryl methyl sites for hydroxylation is 1. The molecule has 2 aromatic rings. The van der Waals surface area contributed by atoms with Gasteiger partial charge < -0.3 is 15.4 Å². The van der Waals surface area contributed by atoms with E-state index in [1.807, 2.05) is 6.92 Å². The van der Waals surface area contributed by atoms with Crippen molar-refractivity contribution in [3.05, 3.63) is 58.4 Å². The minimum atomic E-state index is -1.03. The van der Waals surface area contributed by atoms with Gasteiger partial charge in [-0.1, -0.05) is 23.7 Å². The molecule has 0 bridgehead atoms. The molecular weight excluding hydrogens is 292 g/mol. The Labute approximate surface area is 126 Å². The summed E-state index contributed by atoms with van der Waals surface area (Å²) >= 11 is 5.76. The third kappa shape index (κ3) is 3.97. The molecule has 0 fully saturated rings. The van der Waals surface area contributed by atoms with Gasteiger partial charge in [-0.15, -0.1) is 0 Å². The maximum absolute atomic E-state index is 12.0. The molecule has 0 saturated heterocycles. The van der Waals surface area contributed by atoms with Crippen molar-refractivity contribution in [3.8, 4) is 0 Å². The van der Waals surface area contributed by atoms with Gasteiger partial charge in [-0.05, 0) is 36.3 Å². The number of hydrogen-bond donors (Lipinski definition) is 3. The molecule has 1 aromatic heterocycles. The van der Waals surface area contributed by atoms with Gasteiger partial charge in [-0.25, -0.2) is 4.79 Å². The molecular formula is C15H13ClN2O3. The van der Waals surface area contributed by atoms with E-state index in [9.17, 15) is 9.59 Å². The van der Waals surface area contributed by atoms with Gasteiger partial charge in [0.05, 0.1) is 5.02 Å². The Balaban J connectivity index is 2.21. The second kappa shape index (κ2) is 6.28. The number of aromatic amines is 1. The molecule has 1 amide bonds. The molecule has 0 spiro atoms. The summed E-state index contributed by atoms with van der Waals surface area (Å²) in [4.78, 5) is 25.3. The first-order valence-electron chi connectivity index (χ1n) is 6.12. The maximum atomic E-state index is 12.0. The van der Waals surface area contributed by atoms with E-state index in [1.165, 1.54) is 18.3 Å². The Morgan fingerprint density at radius 3 is 2.71 bits per heavy atom. The van der Waals surface area contributed by atoms with Crippen LogP contribution in [-0.2, 0) is 4.79 Å². The van der Waals surface area contributed by atoms with Crippen molar-refractivity contribution in [2.24, 2.45) is 0 Å². The fourth-order valence-electron chi connectivity index (χ4n) is 1.73. The molecule has 2 rings (SSSR count). The van der Waals surface area contributed by atoms with Crippen LogP contribution in [0.2, 0.25) is 5.02 Å². The molecule has 3 N–H and O–H groups in total. The molecule has 0 aliphatic carbocycles. The Morgan fingerprint density at radius 2 is 2.10 bits per heavy atom. The first-order valence-corrected chi connectivity index (χ1v) is 6.50. The van der Waals surface area contributed by atoms with Crippen LogP contribution in [0, 0.1) is 6.92 Å². The van der Waals surface area contributed by atoms with Crippen molar-refractivity contribution in [2.75, 3.05) is 5.32 Å². The lowest BCUT2D eigenvalue weighted by Gasteiger charge is -2.08. The number of hydrogen-bond acceptors (Lipinski definition) is 2. The van der Waals surface area contributed by atoms with E-state index in [-0.39, 0.29) is 5.91 Å². The second-order valence-corrected chi connectivity index (χ2v) is 4.87. The molecule has 1 aromatic carbocycles. The highest BCUT2D eigenvalue weighted by Crippen LogP contribution is 2.19. The molecule has 0 saturated carbocycles. The topological polar surface area (TPSA) is 82.2 Å². The van der Waals surface area contributed by atoms with E-state index >= 15 is 0 Å². The lowest BCUT2D eigenvalue weighted by Crippen LogP contribution is -2.13. The lowest BCUT2D eigenvalue weighted by molar-refractivity contribution is -0.131. The van der Waals surface area contributed by atoms with Gasteiger partial charge in [0.25, 0.3) is 5.91 Å². The summed E-state index contributed by atoms with van der Waals surface area (Å²) in [5.41, 5.74) is 2.51. The zero-order valence-corrected chi connectivity index (χ0v) is 11.9. The fraction of sp³-hybridized carbons (Fsp3) is 0.0667. The number of benzene rings is 1. The number of aromatic nitrogens is 1. The average Bonchev–Trinajstić information content (AvgIpc) is 2.86. The highest BCUT2D eigenvalue weighted by Gasteiger charge is 2.10. The van der Waals surface area contributed by atoms with Gasteiger partial charge in [-0.2, -0.15) is 0 Å². The van der Waals surface area contributed by atoms with E-state index in [0.717, 1.165) is 11.6 Å². The maximum Gasteiger partial charge on any atom is 0.328 e. The molecule has 0 unspecified atom stereocenters. The van der Waals surface area contributed by atoms with Gasteiger partial charge in [0.15, 0.2) is 0 Å². The Morgan fingerprint density at radius 1 is 1.33 bits per heavy atom. The van der Waals surface area contributed by atoms with Crippen LogP contribution in [-0.4, -0.2) is 22.0 Å². The molecule has 0 aliphatic heterocycles. The number of amides is 1. The summed E-state index contributed by atoms with van der Waals surface area (Å²) in [6.07, 6.45) is 4.03. The largest absolute Gasteiger partial charge is 0.478 e. The molecule has 5 nitrogen and oxygen atoms in total. The highest BCUT2D eigenvalue weighted by molar-refractivity contribution is 6.31. The number of carbonyl (C=O) groups excluding carboxylic acids is 1. The van der Waals surface area contributed by atoms with E-state index in [4.69, 9.17) is 16.7 Å². The number of rotatable bonds is 4. The van der Waals surface area contributed by atoms with Crippen LogP contribution in [0.1, 0.15) is 21.6 Å². The van der Waals surface area contributed by atoms with Crippen LogP contribution in [0.15, 0.2) is 36.5 Å². The molecule has 0 aliphatic rings. The number of H-pyrrole nitrogens is 1. The lowest BCUT2D eigenvalue weighted by atomic mass is 10.1. The summed E-state index contributed by atoms with van der Waals surface area (Å²) in [5, 5.41) is 11.8. The summed E-state index contributed by atoms with van der Waals surface area (Å²) in [7, 11) is 0. The van der Waals surface area contributed by atoms with Gasteiger partial charge in [-0.3, -0.25) is 4.79 Å². The number of nitrogens with one attached hydrogen (secondary N) is 2. The third-order valence-electron chi connectivity index (χ3n) is 2.82. The van der Waals surface area contributed by atoms with Crippen LogP contribution in [0.4, 0.5) is 5.69 Å². The number of anilines is 1. The molecule has 6 heteroatoms. The van der Waals surface area contributed by atoms with Crippen molar-refractivity contribution in [1.29, 1.82) is 0 Å². The minimum absolute atomic E-state index is 0.315. The molecule has 108 valence electrons. The van der Waals surface area contributed by atoms with Crippen molar-refractivity contribution < 1.29 is 14.7 Å². The van der Waals surface area contributed by atoms with Gasteiger partial charge >= 0.3 is 5.97 Å². The zero-order chi connectivity index (χ0) is 15.4. The first-order chi connectivity index (χ1) is 9.95. The van der Waals surface area contributed by atoms with Crippen molar-refractivity contribution in [3.63, 3.8) is 0 Å². The fourth-order valence-corrected chi connectivity index (χ4v) is 1.90. The number of carboxylic acid groups (broad SMARTS) is 1. The van der Waals surface area contributed by atoms with E-state index in [2.05, 4.69) is 10.3 Å². The Kier molecular flexibility index (Phi) is 4.45. The van der Waals surface area contributed by atoms with E-state index < -0.39 is 5.97 Å². The zero-order valence-electron chi connectivity index (χ0n) is 11.2. The molecule has 21 heavy (non-hydrogen) atoms. The quantitative estimate of drug-likeness (QED) is 0.758. The predicted molar refractivity (Wildman–Crippen MR) is 81.6 cm³/mol. The van der Waals surface area contributed by atoms with Crippen LogP contribution in [0.3, 0.4) is 0 Å². The summed E-state index contributed by atoms with van der Waals surface area (Å²) in [6, 6.07) is 6.81. The van der Waals surface area contributed by atoms with Crippen molar-refractivity contribution in [2.45, 2.75) is 6.92 Å². The highest BCUT2D eigenvalue weighted by atomic mass is 35.5. The average molecular weight is 305 g/mol.